The number of aromatic nitrogens is 1. The first kappa shape index (κ1) is 8.72. The van der Waals surface area contributed by atoms with Gasteiger partial charge in [0.05, 0.1) is 0 Å². The fourth-order valence-corrected chi connectivity index (χ4v) is 0.806. The van der Waals surface area contributed by atoms with Crippen LogP contribution < -0.4 is 0 Å². The van der Waals surface area contributed by atoms with Gasteiger partial charge in [-0.3, -0.25) is 4.98 Å². The molecule has 1 nitrogen and oxygen atoms in total. The third-order valence-electron chi connectivity index (χ3n) is 1.65. The van der Waals surface area contributed by atoms with Crippen molar-refractivity contribution < 1.29 is 0 Å². The maximum absolute atomic E-state index is 4.01. The molecule has 62 valence electrons. The first-order chi connectivity index (χ1) is 5.83. The molecule has 1 aromatic heterocycles. The van der Waals surface area contributed by atoms with E-state index in [1.165, 1.54) is 0 Å². The molecule has 0 aromatic carbocycles. The van der Waals surface area contributed by atoms with E-state index < -0.39 is 0 Å². The van der Waals surface area contributed by atoms with E-state index in [0.717, 1.165) is 17.6 Å². The SMILES string of the molecule is C=C(/C=C/c1cccnc1)CC. The molecule has 0 N–H and O–H groups in total. The van der Waals surface area contributed by atoms with Crippen LogP contribution in [0.2, 0.25) is 0 Å². The van der Waals surface area contributed by atoms with Gasteiger partial charge in [-0.1, -0.05) is 37.3 Å². The van der Waals surface area contributed by atoms with Gasteiger partial charge in [-0.15, -0.1) is 0 Å². The molecule has 0 saturated heterocycles. The van der Waals surface area contributed by atoms with Crippen molar-refractivity contribution >= 4 is 6.08 Å². The first-order valence-corrected chi connectivity index (χ1v) is 4.09. The van der Waals surface area contributed by atoms with Crippen LogP contribution in [0.15, 0.2) is 42.8 Å². The number of nitrogens with zero attached hydrogens (tertiary/aromatic N) is 1. The molecular formula is C11H13N. The summed E-state index contributed by atoms with van der Waals surface area (Å²) in [4.78, 5) is 4.01. The van der Waals surface area contributed by atoms with Crippen LogP contribution in [0.25, 0.3) is 6.08 Å². The fraction of sp³-hybridized carbons (Fsp3) is 0.182. The van der Waals surface area contributed by atoms with Crippen LogP contribution in [0.3, 0.4) is 0 Å². The summed E-state index contributed by atoms with van der Waals surface area (Å²) < 4.78 is 0. The van der Waals surface area contributed by atoms with E-state index in [-0.39, 0.29) is 0 Å². The van der Waals surface area contributed by atoms with Gasteiger partial charge in [-0.05, 0) is 18.1 Å². The lowest BCUT2D eigenvalue weighted by Gasteiger charge is -1.92. The summed E-state index contributed by atoms with van der Waals surface area (Å²) >= 11 is 0. The molecule has 0 bridgehead atoms. The Balaban J connectivity index is 2.64. The summed E-state index contributed by atoms with van der Waals surface area (Å²) in [5.41, 5.74) is 2.26. The van der Waals surface area contributed by atoms with Crippen molar-refractivity contribution in [3.63, 3.8) is 0 Å². The zero-order chi connectivity index (χ0) is 8.81. The lowest BCUT2D eigenvalue weighted by atomic mass is 10.2. The molecule has 1 aromatic rings. The highest BCUT2D eigenvalue weighted by molar-refractivity contribution is 5.50. The van der Waals surface area contributed by atoms with E-state index in [1.807, 2.05) is 30.5 Å². The van der Waals surface area contributed by atoms with Crippen LogP contribution in [0.1, 0.15) is 18.9 Å². The van der Waals surface area contributed by atoms with Gasteiger partial charge in [-0.25, -0.2) is 0 Å². The van der Waals surface area contributed by atoms with Gasteiger partial charge in [-0.2, -0.15) is 0 Å². The van der Waals surface area contributed by atoms with Gasteiger partial charge >= 0.3 is 0 Å². The number of rotatable bonds is 3. The zero-order valence-corrected chi connectivity index (χ0v) is 7.33. The van der Waals surface area contributed by atoms with E-state index in [1.54, 1.807) is 6.20 Å². The quantitative estimate of drug-likeness (QED) is 0.618. The van der Waals surface area contributed by atoms with Gasteiger partial charge in [0.2, 0.25) is 0 Å². The van der Waals surface area contributed by atoms with Crippen molar-refractivity contribution in [2.45, 2.75) is 13.3 Å². The zero-order valence-electron chi connectivity index (χ0n) is 7.33. The number of allylic oxidation sites excluding steroid dienone is 2. The standard InChI is InChI=1S/C11H13N/c1-3-10(2)6-7-11-5-4-8-12-9-11/h4-9H,2-3H2,1H3/b7-6+. The highest BCUT2D eigenvalue weighted by Gasteiger charge is 1.84. The monoisotopic (exact) mass is 159 g/mol. The second-order valence-corrected chi connectivity index (χ2v) is 2.63. The summed E-state index contributed by atoms with van der Waals surface area (Å²) in [6, 6.07) is 3.95. The fourth-order valence-electron chi connectivity index (χ4n) is 0.806. The molecule has 0 aliphatic rings. The Morgan fingerprint density at radius 3 is 3.08 bits per heavy atom. The molecule has 1 heterocycles. The molecule has 0 spiro atoms. The third kappa shape index (κ3) is 2.70. The Bertz CT molecular complexity index is 272. The van der Waals surface area contributed by atoms with E-state index in [9.17, 15) is 0 Å². The predicted octanol–water partition coefficient (Wildman–Crippen LogP) is 3.06. The molecule has 0 unspecified atom stereocenters. The second kappa shape index (κ2) is 4.50. The van der Waals surface area contributed by atoms with Gasteiger partial charge in [0.25, 0.3) is 0 Å². The predicted molar refractivity (Wildman–Crippen MR) is 52.7 cm³/mol. The van der Waals surface area contributed by atoms with Gasteiger partial charge in [0, 0.05) is 12.4 Å². The van der Waals surface area contributed by atoms with Crippen molar-refractivity contribution in [1.82, 2.24) is 4.98 Å². The Kier molecular flexibility index (Phi) is 3.27. The summed E-state index contributed by atoms with van der Waals surface area (Å²) in [7, 11) is 0. The Morgan fingerprint density at radius 2 is 2.50 bits per heavy atom. The Hall–Kier alpha value is -1.37. The summed E-state index contributed by atoms with van der Waals surface area (Å²) in [5.74, 6) is 0. The van der Waals surface area contributed by atoms with Crippen LogP contribution >= 0.6 is 0 Å². The second-order valence-electron chi connectivity index (χ2n) is 2.63. The van der Waals surface area contributed by atoms with E-state index in [2.05, 4.69) is 18.5 Å². The van der Waals surface area contributed by atoms with E-state index in [4.69, 9.17) is 0 Å². The maximum Gasteiger partial charge on any atom is 0.0340 e. The summed E-state index contributed by atoms with van der Waals surface area (Å²) in [6.07, 6.45) is 8.65. The van der Waals surface area contributed by atoms with Crippen molar-refractivity contribution in [3.8, 4) is 0 Å². The molecule has 0 amide bonds. The smallest absolute Gasteiger partial charge is 0.0340 e. The minimum absolute atomic E-state index is 0.997. The van der Waals surface area contributed by atoms with Crippen LogP contribution in [0.5, 0.6) is 0 Å². The van der Waals surface area contributed by atoms with Gasteiger partial charge in [0.15, 0.2) is 0 Å². The molecule has 0 fully saturated rings. The number of hydrogen-bond donors (Lipinski definition) is 0. The normalized spacial score (nSPS) is 10.4. The molecule has 0 atom stereocenters. The topological polar surface area (TPSA) is 12.9 Å². The Labute approximate surface area is 73.5 Å². The average Bonchev–Trinajstić information content (AvgIpc) is 2.16. The molecule has 12 heavy (non-hydrogen) atoms. The number of hydrogen-bond acceptors (Lipinski definition) is 1. The average molecular weight is 159 g/mol. The maximum atomic E-state index is 4.01. The highest BCUT2D eigenvalue weighted by atomic mass is 14.6. The molecule has 0 aliphatic heterocycles. The van der Waals surface area contributed by atoms with Crippen molar-refractivity contribution in [1.29, 1.82) is 0 Å². The Morgan fingerprint density at radius 1 is 1.67 bits per heavy atom. The number of pyridine rings is 1. The molecule has 0 saturated carbocycles. The molecule has 0 aliphatic carbocycles. The van der Waals surface area contributed by atoms with Crippen LogP contribution in [0.4, 0.5) is 0 Å². The van der Waals surface area contributed by atoms with Gasteiger partial charge < -0.3 is 0 Å². The van der Waals surface area contributed by atoms with Crippen molar-refractivity contribution in [2.75, 3.05) is 0 Å². The lowest BCUT2D eigenvalue weighted by Crippen LogP contribution is -1.74. The highest BCUT2D eigenvalue weighted by Crippen LogP contribution is 2.04. The minimum Gasteiger partial charge on any atom is -0.264 e. The molecule has 0 radical (unpaired) electrons. The van der Waals surface area contributed by atoms with Crippen molar-refractivity contribution in [2.24, 2.45) is 0 Å². The van der Waals surface area contributed by atoms with Crippen LogP contribution in [-0.4, -0.2) is 4.98 Å². The largest absolute Gasteiger partial charge is 0.264 e. The van der Waals surface area contributed by atoms with E-state index in [0.29, 0.717) is 0 Å². The molecular weight excluding hydrogens is 146 g/mol. The lowest BCUT2D eigenvalue weighted by molar-refractivity contribution is 1.16. The molecule has 1 rings (SSSR count). The summed E-state index contributed by atoms with van der Waals surface area (Å²) in [6.45, 7) is 5.97. The van der Waals surface area contributed by atoms with Crippen LogP contribution in [-0.2, 0) is 0 Å². The first-order valence-electron chi connectivity index (χ1n) is 4.09. The van der Waals surface area contributed by atoms with Crippen LogP contribution in [0, 0.1) is 0 Å². The third-order valence-corrected chi connectivity index (χ3v) is 1.65. The van der Waals surface area contributed by atoms with Crippen molar-refractivity contribution in [3.05, 3.63) is 48.3 Å². The summed E-state index contributed by atoms with van der Waals surface area (Å²) in [5, 5.41) is 0. The minimum atomic E-state index is 0.997. The van der Waals surface area contributed by atoms with E-state index >= 15 is 0 Å². The van der Waals surface area contributed by atoms with Gasteiger partial charge in [0.1, 0.15) is 0 Å². The molecule has 1 heteroatoms.